The minimum absolute atomic E-state index is 0.162. The monoisotopic (exact) mass is 259 g/mol. The van der Waals surface area contributed by atoms with Crippen LogP contribution in [0.15, 0.2) is 12.0 Å². The van der Waals surface area contributed by atoms with Gasteiger partial charge in [0.1, 0.15) is 0 Å². The summed E-state index contributed by atoms with van der Waals surface area (Å²) in [5.41, 5.74) is 0. The lowest BCUT2D eigenvalue weighted by Crippen LogP contribution is -2.19. The molecule has 0 atom stereocenters. The lowest BCUT2D eigenvalue weighted by Gasteiger charge is -2.03. The molecule has 0 aliphatic rings. The fourth-order valence-electron chi connectivity index (χ4n) is 1.01. The standard InChI is InChI=1S/C8H13N5O3S/c1-3-13-8(10-11-12-13)9-7(14)5-6-17(15,16)4-2/h4H,2-3,5-6H2,1H3,(H,9,10,12,14). The van der Waals surface area contributed by atoms with Gasteiger partial charge in [0.2, 0.25) is 11.9 Å². The zero-order valence-corrected chi connectivity index (χ0v) is 10.1. The highest BCUT2D eigenvalue weighted by molar-refractivity contribution is 7.94. The lowest BCUT2D eigenvalue weighted by atomic mass is 10.4. The SMILES string of the molecule is C=CS(=O)(=O)CCC(=O)Nc1nnnn1CC. The van der Waals surface area contributed by atoms with Crippen molar-refractivity contribution >= 4 is 21.7 Å². The van der Waals surface area contributed by atoms with Gasteiger partial charge in [-0.05, 0) is 17.4 Å². The molecular weight excluding hydrogens is 246 g/mol. The van der Waals surface area contributed by atoms with Crippen LogP contribution in [-0.2, 0) is 21.2 Å². The first kappa shape index (κ1) is 13.3. The number of hydrogen-bond acceptors (Lipinski definition) is 6. The van der Waals surface area contributed by atoms with Gasteiger partial charge < -0.3 is 0 Å². The van der Waals surface area contributed by atoms with Crippen LogP contribution in [-0.4, -0.2) is 40.3 Å². The number of rotatable bonds is 6. The number of aryl methyl sites for hydroxylation is 1. The van der Waals surface area contributed by atoms with E-state index in [1.807, 2.05) is 6.92 Å². The number of aromatic nitrogens is 4. The normalized spacial score (nSPS) is 11.1. The van der Waals surface area contributed by atoms with E-state index < -0.39 is 15.7 Å². The van der Waals surface area contributed by atoms with Crippen molar-refractivity contribution in [3.63, 3.8) is 0 Å². The molecule has 1 heterocycles. The summed E-state index contributed by atoms with van der Waals surface area (Å²) in [5, 5.41) is 13.9. The van der Waals surface area contributed by atoms with Gasteiger partial charge in [-0.3, -0.25) is 10.1 Å². The third kappa shape index (κ3) is 3.94. The lowest BCUT2D eigenvalue weighted by molar-refractivity contribution is -0.115. The summed E-state index contributed by atoms with van der Waals surface area (Å²) in [6.45, 7) is 5.48. The fourth-order valence-corrected chi connectivity index (χ4v) is 1.65. The van der Waals surface area contributed by atoms with E-state index in [4.69, 9.17) is 0 Å². The van der Waals surface area contributed by atoms with Gasteiger partial charge in [-0.1, -0.05) is 11.7 Å². The molecule has 0 bridgehead atoms. The number of hydrogen-bond donors (Lipinski definition) is 1. The molecule has 0 aromatic carbocycles. The second-order valence-electron chi connectivity index (χ2n) is 3.15. The Bertz CT molecular complexity index is 507. The highest BCUT2D eigenvalue weighted by Crippen LogP contribution is 2.01. The van der Waals surface area contributed by atoms with E-state index in [0.29, 0.717) is 6.54 Å². The van der Waals surface area contributed by atoms with Crippen LogP contribution in [0.3, 0.4) is 0 Å². The molecule has 1 rings (SSSR count). The van der Waals surface area contributed by atoms with Gasteiger partial charge in [-0.25, -0.2) is 13.1 Å². The van der Waals surface area contributed by atoms with Crippen LogP contribution < -0.4 is 5.32 Å². The van der Waals surface area contributed by atoms with Crippen molar-refractivity contribution in [2.75, 3.05) is 11.1 Å². The fraction of sp³-hybridized carbons (Fsp3) is 0.500. The average molecular weight is 259 g/mol. The Morgan fingerprint density at radius 1 is 1.59 bits per heavy atom. The molecule has 0 aliphatic carbocycles. The molecule has 0 radical (unpaired) electrons. The molecule has 0 saturated heterocycles. The zero-order chi connectivity index (χ0) is 12.9. The molecular formula is C8H13N5O3S. The third-order valence-corrected chi connectivity index (χ3v) is 3.23. The van der Waals surface area contributed by atoms with Crippen LogP contribution in [0.25, 0.3) is 0 Å². The van der Waals surface area contributed by atoms with E-state index in [9.17, 15) is 13.2 Å². The van der Waals surface area contributed by atoms with Gasteiger partial charge in [0.15, 0.2) is 9.84 Å². The summed E-state index contributed by atoms with van der Waals surface area (Å²) < 4.78 is 23.6. The van der Waals surface area contributed by atoms with E-state index in [-0.39, 0.29) is 18.1 Å². The Labute approximate surface area is 98.6 Å². The molecule has 0 aliphatic heterocycles. The van der Waals surface area contributed by atoms with Crippen LogP contribution in [0.5, 0.6) is 0 Å². The summed E-state index contributed by atoms with van der Waals surface area (Å²) in [7, 11) is -3.36. The van der Waals surface area contributed by atoms with Crippen LogP contribution in [0, 0.1) is 0 Å². The summed E-state index contributed by atoms with van der Waals surface area (Å²) >= 11 is 0. The van der Waals surface area contributed by atoms with Gasteiger partial charge in [0, 0.05) is 18.4 Å². The van der Waals surface area contributed by atoms with Crippen LogP contribution >= 0.6 is 0 Å². The van der Waals surface area contributed by atoms with Crippen molar-refractivity contribution in [1.82, 2.24) is 20.2 Å². The van der Waals surface area contributed by atoms with Crippen LogP contribution in [0.2, 0.25) is 0 Å². The van der Waals surface area contributed by atoms with Crippen molar-refractivity contribution in [2.24, 2.45) is 0 Å². The van der Waals surface area contributed by atoms with Crippen molar-refractivity contribution in [3.05, 3.63) is 12.0 Å². The summed E-state index contributed by atoms with van der Waals surface area (Å²) in [6, 6.07) is 0. The van der Waals surface area contributed by atoms with E-state index in [1.165, 1.54) is 4.68 Å². The third-order valence-electron chi connectivity index (χ3n) is 1.95. The second-order valence-corrected chi connectivity index (χ2v) is 5.22. The molecule has 0 fully saturated rings. The van der Waals surface area contributed by atoms with Gasteiger partial charge in [0.25, 0.3) is 0 Å². The van der Waals surface area contributed by atoms with E-state index in [0.717, 1.165) is 5.41 Å². The number of nitrogens with one attached hydrogen (secondary N) is 1. The molecule has 1 N–H and O–H groups in total. The first-order chi connectivity index (χ1) is 7.98. The summed E-state index contributed by atoms with van der Waals surface area (Å²) in [6.07, 6.45) is -0.162. The number of amides is 1. The van der Waals surface area contributed by atoms with Crippen molar-refractivity contribution in [1.29, 1.82) is 0 Å². The number of nitrogens with zero attached hydrogens (tertiary/aromatic N) is 4. The van der Waals surface area contributed by atoms with E-state index in [2.05, 4.69) is 27.4 Å². The van der Waals surface area contributed by atoms with E-state index >= 15 is 0 Å². The van der Waals surface area contributed by atoms with Crippen LogP contribution in [0.4, 0.5) is 5.95 Å². The summed E-state index contributed by atoms with van der Waals surface area (Å²) in [4.78, 5) is 11.4. The van der Waals surface area contributed by atoms with Crippen LogP contribution in [0.1, 0.15) is 13.3 Å². The highest BCUT2D eigenvalue weighted by Gasteiger charge is 2.12. The number of tetrazole rings is 1. The van der Waals surface area contributed by atoms with Gasteiger partial charge in [0.05, 0.1) is 5.75 Å². The molecule has 0 saturated carbocycles. The largest absolute Gasteiger partial charge is 0.293 e. The maximum atomic E-state index is 11.4. The predicted molar refractivity (Wildman–Crippen MR) is 60.7 cm³/mol. The molecule has 17 heavy (non-hydrogen) atoms. The second kappa shape index (κ2) is 5.53. The first-order valence-corrected chi connectivity index (χ1v) is 6.61. The number of sulfone groups is 1. The Kier molecular flexibility index (Phi) is 4.32. The molecule has 1 aromatic rings. The molecule has 9 heteroatoms. The number of carbonyl (C=O) groups is 1. The molecule has 0 unspecified atom stereocenters. The van der Waals surface area contributed by atoms with Crippen molar-refractivity contribution in [2.45, 2.75) is 19.9 Å². The highest BCUT2D eigenvalue weighted by atomic mass is 32.2. The van der Waals surface area contributed by atoms with Gasteiger partial charge in [-0.2, -0.15) is 0 Å². The van der Waals surface area contributed by atoms with Crippen molar-refractivity contribution in [3.8, 4) is 0 Å². The molecule has 94 valence electrons. The Morgan fingerprint density at radius 2 is 2.29 bits per heavy atom. The minimum atomic E-state index is -3.36. The van der Waals surface area contributed by atoms with Gasteiger partial charge >= 0.3 is 0 Å². The average Bonchev–Trinajstić information content (AvgIpc) is 2.74. The summed E-state index contributed by atoms with van der Waals surface area (Å²) in [5.74, 6) is -0.538. The predicted octanol–water partition coefficient (Wildman–Crippen LogP) is -0.420. The molecule has 1 amide bonds. The topological polar surface area (TPSA) is 107 Å². The molecule has 0 spiro atoms. The molecule has 1 aromatic heterocycles. The Morgan fingerprint density at radius 3 is 2.88 bits per heavy atom. The number of anilines is 1. The first-order valence-electron chi connectivity index (χ1n) is 4.89. The zero-order valence-electron chi connectivity index (χ0n) is 9.33. The van der Waals surface area contributed by atoms with Gasteiger partial charge in [-0.15, -0.1) is 0 Å². The van der Waals surface area contributed by atoms with Crippen molar-refractivity contribution < 1.29 is 13.2 Å². The van der Waals surface area contributed by atoms with E-state index in [1.54, 1.807) is 0 Å². The maximum Gasteiger partial charge on any atom is 0.249 e. The minimum Gasteiger partial charge on any atom is -0.293 e. The quantitative estimate of drug-likeness (QED) is 0.743. The maximum absolute atomic E-state index is 11.4. The molecule has 8 nitrogen and oxygen atoms in total. The number of carbonyl (C=O) groups excluding carboxylic acids is 1. The Hall–Kier alpha value is -1.77. The Balaban J connectivity index is 2.54. The smallest absolute Gasteiger partial charge is 0.249 e.